The van der Waals surface area contributed by atoms with Crippen molar-refractivity contribution < 1.29 is 18.3 Å². The third-order valence-corrected chi connectivity index (χ3v) is 5.78. The second-order valence-corrected chi connectivity index (χ2v) is 8.31. The average molecular weight is 458 g/mol. The molecule has 0 saturated heterocycles. The third kappa shape index (κ3) is 5.20. The van der Waals surface area contributed by atoms with E-state index in [4.69, 9.17) is 23.2 Å². The van der Waals surface area contributed by atoms with Gasteiger partial charge in [-0.15, -0.1) is 0 Å². The summed E-state index contributed by atoms with van der Waals surface area (Å²) in [4.78, 5) is 0. The Hall–Kier alpha value is -1.53. The second-order valence-electron chi connectivity index (χ2n) is 7.47. The lowest BCUT2D eigenvalue weighted by atomic mass is 9.92. The molecule has 0 spiro atoms. The number of rotatable bonds is 8. The highest BCUT2D eigenvalue weighted by atomic mass is 35.5. The monoisotopic (exact) mass is 457 g/mol. The Bertz CT molecular complexity index is 1040. The summed E-state index contributed by atoms with van der Waals surface area (Å²) in [6.07, 6.45) is -1.51. The van der Waals surface area contributed by atoms with Crippen molar-refractivity contribution in [3.8, 4) is 0 Å². The van der Waals surface area contributed by atoms with Crippen LogP contribution in [0.3, 0.4) is 0 Å². The fourth-order valence-electron chi connectivity index (χ4n) is 3.68. The topological polar surface area (TPSA) is 32.3 Å². The fraction of sp³-hybridized carbons (Fsp3) is 0.391. The quantitative estimate of drug-likeness (QED) is 0.270. The largest absolute Gasteiger partial charge is 0.416 e. The lowest BCUT2D eigenvalue weighted by Crippen LogP contribution is -2.19. The van der Waals surface area contributed by atoms with Gasteiger partial charge in [0.2, 0.25) is 0 Å². The highest BCUT2D eigenvalue weighted by Gasteiger charge is 2.31. The molecule has 2 nitrogen and oxygen atoms in total. The summed E-state index contributed by atoms with van der Waals surface area (Å²) in [5.41, 5.74) is -0.192. The summed E-state index contributed by atoms with van der Waals surface area (Å²) in [7, 11) is 0. The van der Waals surface area contributed by atoms with Crippen LogP contribution >= 0.6 is 23.2 Å². The van der Waals surface area contributed by atoms with Crippen LogP contribution in [-0.4, -0.2) is 18.2 Å². The first-order valence-electron chi connectivity index (χ1n) is 10.0. The van der Waals surface area contributed by atoms with Crippen LogP contribution in [0.1, 0.15) is 49.8 Å². The lowest BCUT2D eigenvalue weighted by Gasteiger charge is -2.18. The lowest BCUT2D eigenvalue weighted by molar-refractivity contribution is -0.137. The predicted molar refractivity (Wildman–Crippen MR) is 118 cm³/mol. The summed E-state index contributed by atoms with van der Waals surface area (Å²) in [6.45, 7) is 3.62. The van der Waals surface area contributed by atoms with Crippen molar-refractivity contribution in [2.24, 2.45) is 0 Å². The van der Waals surface area contributed by atoms with Gasteiger partial charge in [-0.1, -0.05) is 49.0 Å². The van der Waals surface area contributed by atoms with E-state index in [0.717, 1.165) is 37.9 Å². The normalized spacial score (nSPS) is 13.3. The van der Waals surface area contributed by atoms with E-state index in [-0.39, 0.29) is 0 Å². The van der Waals surface area contributed by atoms with Crippen LogP contribution in [0.2, 0.25) is 10.0 Å². The van der Waals surface area contributed by atoms with Gasteiger partial charge in [0.25, 0.3) is 0 Å². The molecule has 0 aliphatic rings. The van der Waals surface area contributed by atoms with Gasteiger partial charge >= 0.3 is 6.18 Å². The highest BCUT2D eigenvalue weighted by molar-refractivity contribution is 6.39. The Kier molecular flexibility index (Phi) is 7.51. The average Bonchev–Trinajstić information content (AvgIpc) is 2.69. The van der Waals surface area contributed by atoms with Gasteiger partial charge in [-0.3, -0.25) is 0 Å². The molecule has 0 aromatic heterocycles. The second kappa shape index (κ2) is 9.73. The first-order chi connectivity index (χ1) is 14.2. The molecule has 0 aliphatic carbocycles. The number of aliphatic hydroxyl groups is 1. The predicted octanol–water partition coefficient (Wildman–Crippen LogP) is 7.52. The number of alkyl halides is 3. The molecule has 0 heterocycles. The molecule has 0 fully saturated rings. The van der Waals surface area contributed by atoms with Crippen molar-refractivity contribution in [1.82, 2.24) is 5.32 Å². The molecule has 3 aromatic rings. The first-order valence-corrected chi connectivity index (χ1v) is 10.8. The SMILES string of the molecule is CCCCCNCCC(O)c1cc2c(Cl)cc(Cl)cc2c2cc(C(F)(F)F)ccc12. The summed E-state index contributed by atoms with van der Waals surface area (Å²) < 4.78 is 40.0. The molecule has 3 aromatic carbocycles. The van der Waals surface area contributed by atoms with E-state index in [1.165, 1.54) is 6.07 Å². The zero-order valence-corrected chi connectivity index (χ0v) is 18.1. The minimum absolute atomic E-state index is 0.336. The Morgan fingerprint density at radius 3 is 2.37 bits per heavy atom. The van der Waals surface area contributed by atoms with Crippen LogP contribution in [-0.2, 0) is 6.18 Å². The maximum absolute atomic E-state index is 13.3. The van der Waals surface area contributed by atoms with Gasteiger partial charge in [-0.25, -0.2) is 0 Å². The number of halogens is 5. The van der Waals surface area contributed by atoms with E-state index >= 15 is 0 Å². The van der Waals surface area contributed by atoms with Crippen molar-refractivity contribution in [1.29, 1.82) is 0 Å². The summed E-state index contributed by atoms with van der Waals surface area (Å²) in [5.74, 6) is 0. The number of aliphatic hydroxyl groups excluding tert-OH is 1. The molecule has 0 saturated carbocycles. The third-order valence-electron chi connectivity index (χ3n) is 5.25. The van der Waals surface area contributed by atoms with E-state index < -0.39 is 17.8 Å². The van der Waals surface area contributed by atoms with Crippen LogP contribution in [0.5, 0.6) is 0 Å². The molecule has 7 heteroatoms. The Morgan fingerprint density at radius 2 is 1.67 bits per heavy atom. The van der Waals surface area contributed by atoms with Crippen LogP contribution in [0.15, 0.2) is 36.4 Å². The minimum atomic E-state index is -4.47. The van der Waals surface area contributed by atoms with Gasteiger partial charge in [0.15, 0.2) is 0 Å². The van der Waals surface area contributed by atoms with Gasteiger partial charge in [0.05, 0.1) is 11.7 Å². The van der Waals surface area contributed by atoms with E-state index in [9.17, 15) is 18.3 Å². The van der Waals surface area contributed by atoms with E-state index in [1.54, 1.807) is 18.2 Å². The fourth-order valence-corrected chi connectivity index (χ4v) is 4.23. The molecule has 3 rings (SSSR count). The summed E-state index contributed by atoms with van der Waals surface area (Å²) >= 11 is 12.5. The number of benzene rings is 3. The number of fused-ring (bicyclic) bond motifs is 3. The van der Waals surface area contributed by atoms with Crippen LogP contribution in [0.4, 0.5) is 13.2 Å². The van der Waals surface area contributed by atoms with Crippen molar-refractivity contribution in [3.05, 3.63) is 57.6 Å². The van der Waals surface area contributed by atoms with Crippen molar-refractivity contribution in [3.63, 3.8) is 0 Å². The van der Waals surface area contributed by atoms with Crippen molar-refractivity contribution in [2.75, 3.05) is 13.1 Å². The first kappa shape index (κ1) is 23.1. The number of hydrogen-bond donors (Lipinski definition) is 2. The Morgan fingerprint density at radius 1 is 0.933 bits per heavy atom. The highest BCUT2D eigenvalue weighted by Crippen LogP contribution is 2.40. The molecular formula is C23H24Cl2F3NO. The number of hydrogen-bond acceptors (Lipinski definition) is 2. The zero-order valence-electron chi connectivity index (χ0n) is 16.6. The molecule has 0 bridgehead atoms. The maximum Gasteiger partial charge on any atom is 0.416 e. The molecule has 1 atom stereocenters. The van der Waals surface area contributed by atoms with Crippen molar-refractivity contribution >= 4 is 44.7 Å². The summed E-state index contributed by atoms with van der Waals surface area (Å²) in [6, 6.07) is 8.47. The van der Waals surface area contributed by atoms with Crippen LogP contribution in [0.25, 0.3) is 21.5 Å². The standard InChI is InChI=1S/C23H24Cl2F3NO/c1-2-3-4-8-29-9-7-22(30)20-13-19-18(11-15(24)12-21(19)25)17-10-14(23(26,27)28)5-6-16(17)20/h5-6,10-13,22,29-30H,2-4,7-9H2,1H3. The molecule has 0 aliphatic heterocycles. The van der Waals surface area contributed by atoms with Crippen molar-refractivity contribution in [2.45, 2.75) is 44.9 Å². The molecule has 2 N–H and O–H groups in total. The molecule has 1 unspecified atom stereocenters. The maximum atomic E-state index is 13.3. The number of nitrogens with one attached hydrogen (secondary N) is 1. The zero-order chi connectivity index (χ0) is 21.9. The van der Waals surface area contributed by atoms with Gasteiger partial charge in [0.1, 0.15) is 0 Å². The molecular weight excluding hydrogens is 434 g/mol. The molecule has 0 radical (unpaired) electrons. The Labute approximate surface area is 184 Å². The number of unbranched alkanes of at least 4 members (excludes halogenated alkanes) is 2. The van der Waals surface area contributed by atoms with E-state index in [2.05, 4.69) is 12.2 Å². The smallest absolute Gasteiger partial charge is 0.388 e. The van der Waals surface area contributed by atoms with Crippen LogP contribution in [0, 0.1) is 0 Å². The molecule has 0 amide bonds. The summed E-state index contributed by atoms with van der Waals surface area (Å²) in [5, 5.41) is 16.8. The van der Waals surface area contributed by atoms with Gasteiger partial charge < -0.3 is 10.4 Å². The van der Waals surface area contributed by atoms with Gasteiger partial charge in [0, 0.05) is 15.4 Å². The van der Waals surface area contributed by atoms with Gasteiger partial charge in [-0.2, -0.15) is 13.2 Å². The van der Waals surface area contributed by atoms with E-state index in [0.29, 0.717) is 50.1 Å². The Balaban J connectivity index is 2.03. The van der Waals surface area contributed by atoms with Crippen LogP contribution < -0.4 is 5.32 Å². The minimum Gasteiger partial charge on any atom is -0.388 e. The van der Waals surface area contributed by atoms with Gasteiger partial charge in [-0.05, 0) is 78.0 Å². The van der Waals surface area contributed by atoms with E-state index in [1.807, 2.05) is 0 Å². The molecule has 162 valence electrons. The molecule has 30 heavy (non-hydrogen) atoms.